The highest BCUT2D eigenvalue weighted by atomic mass is 32.1. The maximum atomic E-state index is 11.8. The Bertz CT molecular complexity index is 344. The van der Waals surface area contributed by atoms with Crippen molar-refractivity contribution < 1.29 is 4.79 Å². The van der Waals surface area contributed by atoms with E-state index >= 15 is 0 Å². The first-order valence-corrected chi connectivity index (χ1v) is 7.30. The standard InChI is InChI=1S/C13H20N2OS/c1-2-12(15-6-3-4-7-15)9-14-13(16)11-5-8-17-10-11/h5,8,10,12H,2-4,6-7,9H2,1H3,(H,14,16)/t12-/m1/s1. The van der Waals surface area contributed by atoms with Crippen LogP contribution in [0.4, 0.5) is 0 Å². The summed E-state index contributed by atoms with van der Waals surface area (Å²) in [6.07, 6.45) is 3.70. The topological polar surface area (TPSA) is 32.3 Å². The van der Waals surface area contributed by atoms with Gasteiger partial charge >= 0.3 is 0 Å². The second-order valence-corrected chi connectivity index (χ2v) is 5.31. The lowest BCUT2D eigenvalue weighted by Crippen LogP contribution is -2.42. The van der Waals surface area contributed by atoms with Gasteiger partial charge in [0.2, 0.25) is 0 Å². The fraction of sp³-hybridized carbons (Fsp3) is 0.615. The lowest BCUT2D eigenvalue weighted by molar-refractivity contribution is 0.0937. The number of thiophene rings is 1. The van der Waals surface area contributed by atoms with Gasteiger partial charge in [-0.15, -0.1) is 0 Å². The molecule has 1 aliphatic rings. The predicted molar refractivity (Wildman–Crippen MR) is 71.5 cm³/mol. The van der Waals surface area contributed by atoms with E-state index in [0.717, 1.165) is 18.5 Å². The Labute approximate surface area is 107 Å². The molecule has 0 radical (unpaired) electrons. The van der Waals surface area contributed by atoms with Crippen LogP contribution in [0.2, 0.25) is 0 Å². The van der Waals surface area contributed by atoms with E-state index in [1.807, 2.05) is 16.8 Å². The van der Waals surface area contributed by atoms with Crippen LogP contribution in [0, 0.1) is 0 Å². The highest BCUT2D eigenvalue weighted by molar-refractivity contribution is 7.08. The van der Waals surface area contributed by atoms with Crippen LogP contribution in [0.3, 0.4) is 0 Å². The van der Waals surface area contributed by atoms with Crippen molar-refractivity contribution in [2.75, 3.05) is 19.6 Å². The smallest absolute Gasteiger partial charge is 0.252 e. The van der Waals surface area contributed by atoms with Crippen LogP contribution in [-0.4, -0.2) is 36.5 Å². The van der Waals surface area contributed by atoms with Crippen molar-refractivity contribution in [1.29, 1.82) is 0 Å². The Morgan fingerprint density at radius 1 is 1.53 bits per heavy atom. The molecule has 0 bridgehead atoms. The highest BCUT2D eigenvalue weighted by Crippen LogP contribution is 2.13. The monoisotopic (exact) mass is 252 g/mol. The SMILES string of the molecule is CC[C@H](CNC(=O)c1ccsc1)N1CCCC1. The second-order valence-electron chi connectivity index (χ2n) is 4.53. The molecule has 94 valence electrons. The van der Waals surface area contributed by atoms with Gasteiger partial charge in [0.1, 0.15) is 0 Å². The molecule has 0 aromatic carbocycles. The first kappa shape index (κ1) is 12.6. The van der Waals surface area contributed by atoms with Crippen molar-refractivity contribution in [1.82, 2.24) is 10.2 Å². The molecule has 4 heteroatoms. The Hall–Kier alpha value is -0.870. The van der Waals surface area contributed by atoms with Gasteiger partial charge in [-0.05, 0) is 43.8 Å². The number of nitrogens with one attached hydrogen (secondary N) is 1. The van der Waals surface area contributed by atoms with Crippen molar-refractivity contribution in [2.24, 2.45) is 0 Å². The van der Waals surface area contributed by atoms with E-state index in [2.05, 4.69) is 17.1 Å². The van der Waals surface area contributed by atoms with Gasteiger partial charge in [-0.25, -0.2) is 0 Å². The van der Waals surface area contributed by atoms with Crippen LogP contribution in [0.15, 0.2) is 16.8 Å². The number of amides is 1. The Balaban J connectivity index is 1.81. The number of carbonyl (C=O) groups excluding carboxylic acids is 1. The summed E-state index contributed by atoms with van der Waals surface area (Å²) in [5, 5.41) is 6.87. The van der Waals surface area contributed by atoms with E-state index in [0.29, 0.717) is 6.04 Å². The Morgan fingerprint density at radius 3 is 2.88 bits per heavy atom. The minimum absolute atomic E-state index is 0.0592. The number of hydrogen-bond donors (Lipinski definition) is 1. The Morgan fingerprint density at radius 2 is 2.29 bits per heavy atom. The molecule has 1 atom stereocenters. The molecule has 1 amide bonds. The first-order chi connectivity index (χ1) is 8.31. The number of rotatable bonds is 5. The largest absolute Gasteiger partial charge is 0.350 e. The quantitative estimate of drug-likeness (QED) is 0.872. The molecule has 1 aromatic rings. The fourth-order valence-corrected chi connectivity index (χ4v) is 2.98. The number of likely N-dealkylation sites (tertiary alicyclic amines) is 1. The minimum atomic E-state index is 0.0592. The maximum absolute atomic E-state index is 11.8. The zero-order chi connectivity index (χ0) is 12.1. The van der Waals surface area contributed by atoms with E-state index in [1.165, 1.54) is 25.9 Å². The van der Waals surface area contributed by atoms with Crippen LogP contribution in [0.5, 0.6) is 0 Å². The van der Waals surface area contributed by atoms with Crippen molar-refractivity contribution in [3.63, 3.8) is 0 Å². The molecule has 1 aliphatic heterocycles. The molecule has 17 heavy (non-hydrogen) atoms. The van der Waals surface area contributed by atoms with Crippen LogP contribution in [-0.2, 0) is 0 Å². The fourth-order valence-electron chi connectivity index (χ4n) is 2.34. The van der Waals surface area contributed by atoms with Crippen molar-refractivity contribution in [3.8, 4) is 0 Å². The van der Waals surface area contributed by atoms with Gasteiger partial charge in [-0.2, -0.15) is 11.3 Å². The lowest BCUT2D eigenvalue weighted by Gasteiger charge is -2.26. The molecule has 1 aromatic heterocycles. The summed E-state index contributed by atoms with van der Waals surface area (Å²) in [6.45, 7) is 5.34. The van der Waals surface area contributed by atoms with Gasteiger partial charge in [0.05, 0.1) is 0 Å². The summed E-state index contributed by atoms with van der Waals surface area (Å²) in [5.74, 6) is 0.0592. The van der Waals surface area contributed by atoms with Crippen LogP contribution in [0.1, 0.15) is 36.5 Å². The molecule has 1 fully saturated rings. The summed E-state index contributed by atoms with van der Waals surface area (Å²) >= 11 is 1.56. The summed E-state index contributed by atoms with van der Waals surface area (Å²) in [5.41, 5.74) is 0.784. The second kappa shape index (κ2) is 6.17. The highest BCUT2D eigenvalue weighted by Gasteiger charge is 2.20. The lowest BCUT2D eigenvalue weighted by atomic mass is 10.2. The van der Waals surface area contributed by atoms with Crippen LogP contribution >= 0.6 is 11.3 Å². The number of hydrogen-bond acceptors (Lipinski definition) is 3. The molecule has 0 aliphatic carbocycles. The summed E-state index contributed by atoms with van der Waals surface area (Å²) in [6, 6.07) is 2.37. The summed E-state index contributed by atoms with van der Waals surface area (Å²) in [7, 11) is 0. The van der Waals surface area contributed by atoms with Gasteiger partial charge in [0.15, 0.2) is 0 Å². The van der Waals surface area contributed by atoms with Gasteiger partial charge in [-0.3, -0.25) is 9.69 Å². The van der Waals surface area contributed by atoms with E-state index < -0.39 is 0 Å². The van der Waals surface area contributed by atoms with Gasteiger partial charge < -0.3 is 5.32 Å². The molecular weight excluding hydrogens is 232 g/mol. The molecule has 2 heterocycles. The summed E-state index contributed by atoms with van der Waals surface area (Å²) < 4.78 is 0. The van der Waals surface area contributed by atoms with E-state index in [1.54, 1.807) is 11.3 Å². The summed E-state index contributed by atoms with van der Waals surface area (Å²) in [4.78, 5) is 14.3. The zero-order valence-corrected chi connectivity index (χ0v) is 11.1. The van der Waals surface area contributed by atoms with E-state index in [9.17, 15) is 4.79 Å². The molecule has 0 unspecified atom stereocenters. The third kappa shape index (κ3) is 3.30. The molecular formula is C13H20N2OS. The van der Waals surface area contributed by atoms with Gasteiger partial charge in [-0.1, -0.05) is 6.92 Å². The number of nitrogens with zero attached hydrogens (tertiary/aromatic N) is 1. The molecule has 1 N–H and O–H groups in total. The van der Waals surface area contributed by atoms with Crippen molar-refractivity contribution >= 4 is 17.2 Å². The third-order valence-electron chi connectivity index (χ3n) is 3.41. The Kier molecular flexibility index (Phi) is 4.57. The molecule has 2 rings (SSSR count). The molecule has 0 spiro atoms. The zero-order valence-electron chi connectivity index (χ0n) is 10.3. The minimum Gasteiger partial charge on any atom is -0.350 e. The maximum Gasteiger partial charge on any atom is 0.252 e. The predicted octanol–water partition coefficient (Wildman–Crippen LogP) is 2.35. The molecule has 3 nitrogen and oxygen atoms in total. The normalized spacial score (nSPS) is 18.2. The number of carbonyl (C=O) groups is 1. The average molecular weight is 252 g/mol. The molecule has 1 saturated heterocycles. The van der Waals surface area contributed by atoms with Gasteiger partial charge in [0.25, 0.3) is 5.91 Å². The third-order valence-corrected chi connectivity index (χ3v) is 4.09. The first-order valence-electron chi connectivity index (χ1n) is 6.35. The van der Waals surface area contributed by atoms with E-state index in [4.69, 9.17) is 0 Å². The molecule has 0 saturated carbocycles. The average Bonchev–Trinajstić information content (AvgIpc) is 3.02. The van der Waals surface area contributed by atoms with Crippen molar-refractivity contribution in [2.45, 2.75) is 32.2 Å². The van der Waals surface area contributed by atoms with Crippen molar-refractivity contribution in [3.05, 3.63) is 22.4 Å². The van der Waals surface area contributed by atoms with Crippen LogP contribution < -0.4 is 5.32 Å². The van der Waals surface area contributed by atoms with E-state index in [-0.39, 0.29) is 5.91 Å². The van der Waals surface area contributed by atoms with Crippen LogP contribution in [0.25, 0.3) is 0 Å². The van der Waals surface area contributed by atoms with Gasteiger partial charge in [0, 0.05) is 23.5 Å².